The van der Waals surface area contributed by atoms with E-state index in [0.717, 1.165) is 15.8 Å². The quantitative estimate of drug-likeness (QED) is 0.532. The van der Waals surface area contributed by atoms with Crippen molar-refractivity contribution < 1.29 is 19.1 Å². The predicted molar refractivity (Wildman–Crippen MR) is 118 cm³/mol. The number of halogens is 1. The molecule has 1 aliphatic rings. The molecule has 3 amide bonds. The number of nitrogens with zero attached hydrogens (tertiary/aromatic N) is 2. The Morgan fingerprint density at radius 3 is 2.57 bits per heavy atom. The molecule has 2 aromatic rings. The molecule has 1 heterocycles. The van der Waals surface area contributed by atoms with Gasteiger partial charge in [-0.15, -0.1) is 0 Å². The van der Waals surface area contributed by atoms with Gasteiger partial charge in [0.05, 0.1) is 24.3 Å². The Balaban J connectivity index is 1.60. The number of benzene rings is 2. The SMILES string of the molecule is CCN(C(=O)CCCN1C(=O)c2ccc(Br)cc2C1=O)C(C)c1cccc(OC)c1. The van der Waals surface area contributed by atoms with Crippen LogP contribution in [0, 0.1) is 0 Å². The Labute approximate surface area is 184 Å². The minimum Gasteiger partial charge on any atom is -0.497 e. The van der Waals surface area contributed by atoms with Crippen LogP contribution in [-0.2, 0) is 4.79 Å². The number of amides is 3. The number of methoxy groups -OCH3 is 1. The van der Waals surface area contributed by atoms with Gasteiger partial charge in [0.2, 0.25) is 5.91 Å². The Hall–Kier alpha value is -2.67. The van der Waals surface area contributed by atoms with Gasteiger partial charge >= 0.3 is 0 Å². The third kappa shape index (κ3) is 4.41. The Bertz CT molecular complexity index is 975. The zero-order valence-corrected chi connectivity index (χ0v) is 18.9. The summed E-state index contributed by atoms with van der Waals surface area (Å²) in [7, 11) is 1.62. The molecule has 0 aromatic heterocycles. The largest absolute Gasteiger partial charge is 0.497 e. The Morgan fingerprint density at radius 2 is 1.87 bits per heavy atom. The van der Waals surface area contributed by atoms with Crippen molar-refractivity contribution in [3.05, 3.63) is 63.6 Å². The van der Waals surface area contributed by atoms with Gasteiger partial charge in [-0.3, -0.25) is 19.3 Å². The van der Waals surface area contributed by atoms with Crippen LogP contribution in [0.3, 0.4) is 0 Å². The summed E-state index contributed by atoms with van der Waals surface area (Å²) in [4.78, 5) is 40.9. The van der Waals surface area contributed by atoms with E-state index in [0.29, 0.717) is 24.1 Å². The first-order chi connectivity index (χ1) is 14.4. The number of rotatable bonds is 8. The Kier molecular flexibility index (Phi) is 6.92. The normalized spacial score (nSPS) is 13.9. The standard InChI is InChI=1S/C23H25BrN2O4/c1-4-25(15(2)16-7-5-8-18(13-16)30-3)21(27)9-6-12-26-22(28)19-11-10-17(24)14-20(19)23(26)29/h5,7-8,10-11,13-15H,4,6,9,12H2,1-3H3. The van der Waals surface area contributed by atoms with Gasteiger partial charge in [0.1, 0.15) is 5.75 Å². The van der Waals surface area contributed by atoms with E-state index in [9.17, 15) is 14.4 Å². The van der Waals surface area contributed by atoms with Crippen molar-refractivity contribution in [2.24, 2.45) is 0 Å². The van der Waals surface area contributed by atoms with Crippen molar-refractivity contribution in [1.29, 1.82) is 0 Å². The average molecular weight is 473 g/mol. The smallest absolute Gasteiger partial charge is 0.261 e. The molecule has 30 heavy (non-hydrogen) atoms. The summed E-state index contributed by atoms with van der Waals surface area (Å²) in [5.74, 6) is 0.139. The molecule has 158 valence electrons. The van der Waals surface area contributed by atoms with Crippen molar-refractivity contribution >= 4 is 33.7 Å². The molecular weight excluding hydrogens is 448 g/mol. The van der Waals surface area contributed by atoms with Crippen LogP contribution < -0.4 is 4.74 Å². The first-order valence-electron chi connectivity index (χ1n) is 9.96. The zero-order chi connectivity index (χ0) is 21.8. The molecule has 1 atom stereocenters. The maximum absolute atomic E-state index is 12.8. The van der Waals surface area contributed by atoms with E-state index < -0.39 is 0 Å². The van der Waals surface area contributed by atoms with Crippen molar-refractivity contribution in [3.8, 4) is 5.75 Å². The second-order valence-corrected chi connectivity index (χ2v) is 8.10. The van der Waals surface area contributed by atoms with Gasteiger partial charge in [0.25, 0.3) is 11.8 Å². The molecule has 0 saturated carbocycles. The van der Waals surface area contributed by atoms with Crippen LogP contribution in [0.4, 0.5) is 0 Å². The fraction of sp³-hybridized carbons (Fsp3) is 0.348. The maximum Gasteiger partial charge on any atom is 0.261 e. The number of imide groups is 1. The summed E-state index contributed by atoms with van der Waals surface area (Å²) >= 11 is 3.33. The molecular formula is C23H25BrN2O4. The molecule has 0 spiro atoms. The first-order valence-corrected chi connectivity index (χ1v) is 10.8. The zero-order valence-electron chi connectivity index (χ0n) is 17.4. The summed E-state index contributed by atoms with van der Waals surface area (Å²) in [5.41, 5.74) is 1.81. The van der Waals surface area contributed by atoms with Gasteiger partial charge in [0, 0.05) is 24.0 Å². The fourth-order valence-electron chi connectivity index (χ4n) is 3.75. The minimum atomic E-state index is -0.305. The molecule has 7 heteroatoms. The van der Waals surface area contributed by atoms with Crippen LogP contribution in [0.5, 0.6) is 5.75 Å². The number of carbonyl (C=O) groups excluding carboxylic acids is 3. The maximum atomic E-state index is 12.8. The summed E-state index contributed by atoms with van der Waals surface area (Å²) < 4.78 is 6.03. The second kappa shape index (κ2) is 9.43. The van der Waals surface area contributed by atoms with Gasteiger partial charge in [-0.05, 0) is 56.2 Å². The highest BCUT2D eigenvalue weighted by Gasteiger charge is 2.35. The average Bonchev–Trinajstić information content (AvgIpc) is 2.98. The lowest BCUT2D eigenvalue weighted by molar-refractivity contribution is -0.133. The highest BCUT2D eigenvalue weighted by atomic mass is 79.9. The van der Waals surface area contributed by atoms with Crippen LogP contribution in [0.2, 0.25) is 0 Å². The molecule has 0 N–H and O–H groups in total. The lowest BCUT2D eigenvalue weighted by atomic mass is 10.1. The van der Waals surface area contributed by atoms with E-state index >= 15 is 0 Å². The molecule has 2 aromatic carbocycles. The second-order valence-electron chi connectivity index (χ2n) is 7.19. The fourth-order valence-corrected chi connectivity index (χ4v) is 4.11. The molecule has 1 aliphatic heterocycles. The molecule has 3 rings (SSSR count). The lowest BCUT2D eigenvalue weighted by Crippen LogP contribution is -2.35. The van der Waals surface area contributed by atoms with E-state index in [2.05, 4.69) is 15.9 Å². The predicted octanol–water partition coefficient (Wildman–Crippen LogP) is 4.44. The third-order valence-electron chi connectivity index (χ3n) is 5.41. The number of hydrogen-bond donors (Lipinski definition) is 0. The summed E-state index contributed by atoms with van der Waals surface area (Å²) in [6, 6.07) is 12.6. The number of carbonyl (C=O) groups is 3. The topological polar surface area (TPSA) is 66.9 Å². The van der Waals surface area contributed by atoms with Crippen LogP contribution in [0.1, 0.15) is 59.0 Å². The number of ether oxygens (including phenoxy) is 1. The van der Waals surface area contributed by atoms with Crippen LogP contribution in [0.25, 0.3) is 0 Å². The van der Waals surface area contributed by atoms with Gasteiger partial charge in [-0.25, -0.2) is 0 Å². The lowest BCUT2D eigenvalue weighted by Gasteiger charge is -2.29. The van der Waals surface area contributed by atoms with E-state index in [4.69, 9.17) is 4.74 Å². The van der Waals surface area contributed by atoms with Crippen molar-refractivity contribution in [2.45, 2.75) is 32.7 Å². The molecule has 6 nitrogen and oxygen atoms in total. The highest BCUT2D eigenvalue weighted by Crippen LogP contribution is 2.27. The summed E-state index contributed by atoms with van der Waals surface area (Å²) in [5, 5.41) is 0. The Morgan fingerprint density at radius 1 is 1.13 bits per heavy atom. The van der Waals surface area contributed by atoms with Crippen molar-refractivity contribution in [3.63, 3.8) is 0 Å². The van der Waals surface area contributed by atoms with Gasteiger partial charge in [0.15, 0.2) is 0 Å². The van der Waals surface area contributed by atoms with E-state index in [1.165, 1.54) is 4.90 Å². The van der Waals surface area contributed by atoms with E-state index in [1.807, 2.05) is 38.1 Å². The number of fused-ring (bicyclic) bond motifs is 1. The van der Waals surface area contributed by atoms with Crippen molar-refractivity contribution in [1.82, 2.24) is 9.80 Å². The molecule has 0 bridgehead atoms. The van der Waals surface area contributed by atoms with Crippen LogP contribution >= 0.6 is 15.9 Å². The van der Waals surface area contributed by atoms with Crippen LogP contribution in [0.15, 0.2) is 46.9 Å². The van der Waals surface area contributed by atoms with Gasteiger partial charge in [-0.1, -0.05) is 28.1 Å². The summed E-state index contributed by atoms with van der Waals surface area (Å²) in [6.45, 7) is 4.72. The molecule has 1 unspecified atom stereocenters. The van der Waals surface area contributed by atoms with Gasteiger partial charge in [-0.2, -0.15) is 0 Å². The number of hydrogen-bond acceptors (Lipinski definition) is 4. The van der Waals surface area contributed by atoms with E-state index in [1.54, 1.807) is 30.2 Å². The highest BCUT2D eigenvalue weighted by molar-refractivity contribution is 9.10. The monoisotopic (exact) mass is 472 g/mol. The van der Waals surface area contributed by atoms with Gasteiger partial charge < -0.3 is 9.64 Å². The molecule has 0 fully saturated rings. The van der Waals surface area contributed by atoms with Crippen molar-refractivity contribution in [2.75, 3.05) is 20.2 Å². The van der Waals surface area contributed by atoms with Crippen LogP contribution in [-0.4, -0.2) is 47.7 Å². The minimum absolute atomic E-state index is 0.00725. The molecule has 0 radical (unpaired) electrons. The molecule has 0 aliphatic carbocycles. The molecule has 0 saturated heterocycles. The summed E-state index contributed by atoms with van der Waals surface area (Å²) in [6.07, 6.45) is 0.687. The van der Waals surface area contributed by atoms with E-state index in [-0.39, 0.29) is 36.7 Å². The first kappa shape index (κ1) is 22.0. The third-order valence-corrected chi connectivity index (χ3v) is 5.90.